The van der Waals surface area contributed by atoms with Crippen LogP contribution in [0.15, 0.2) is 41.4 Å². The number of anilines is 1. The second kappa shape index (κ2) is 5.47. The van der Waals surface area contributed by atoms with Crippen molar-refractivity contribution in [3.63, 3.8) is 0 Å². The Bertz CT molecular complexity index is 714. The Morgan fingerprint density at radius 2 is 2.10 bits per heavy atom. The molecular weight excluding hydrogens is 292 g/mol. The summed E-state index contributed by atoms with van der Waals surface area (Å²) in [6, 6.07) is 9.56. The van der Waals surface area contributed by atoms with Crippen LogP contribution in [0, 0.1) is 0 Å². The third kappa shape index (κ3) is 2.65. The molecule has 1 atom stereocenters. The van der Waals surface area contributed by atoms with Gasteiger partial charge in [0.15, 0.2) is 0 Å². The van der Waals surface area contributed by atoms with Crippen LogP contribution in [-0.2, 0) is 14.8 Å². The van der Waals surface area contributed by atoms with E-state index < -0.39 is 10.0 Å². The predicted molar refractivity (Wildman–Crippen MR) is 76.9 cm³/mol. The van der Waals surface area contributed by atoms with Gasteiger partial charge in [0.05, 0.1) is 18.9 Å². The smallest absolute Gasteiger partial charge is 0.248 e. The van der Waals surface area contributed by atoms with Crippen molar-refractivity contribution in [2.45, 2.75) is 11.0 Å². The van der Waals surface area contributed by atoms with Gasteiger partial charge in [0.25, 0.3) is 0 Å². The molecule has 2 aromatic rings. The fraction of sp³-hybridized carbons (Fsp3) is 0.308. The van der Waals surface area contributed by atoms with Crippen molar-refractivity contribution < 1.29 is 13.2 Å². The lowest BCUT2D eigenvalue weighted by atomic mass is 10.1. The number of nitrogens with one attached hydrogen (secondary N) is 1. The molecule has 1 unspecified atom stereocenters. The standard InChI is InChI=1S/C13H16N4O3S/c14-13-12(8-15-16-13)21(18,19)17-6-7-20-11(9-17)10-4-2-1-3-5-10/h1-5,8,11H,6-7,9H2,(H3,14,15,16). The summed E-state index contributed by atoms with van der Waals surface area (Å²) in [4.78, 5) is 0.0104. The molecule has 1 aliphatic rings. The molecule has 0 spiro atoms. The van der Waals surface area contributed by atoms with Gasteiger partial charge in [0.1, 0.15) is 10.7 Å². The number of H-pyrrole nitrogens is 1. The first-order valence-corrected chi connectivity index (χ1v) is 7.98. The normalized spacial score (nSPS) is 20.5. The molecule has 2 heterocycles. The van der Waals surface area contributed by atoms with Crippen LogP contribution in [0.25, 0.3) is 0 Å². The van der Waals surface area contributed by atoms with E-state index in [0.29, 0.717) is 13.2 Å². The maximum atomic E-state index is 12.6. The second-order valence-electron chi connectivity index (χ2n) is 4.78. The van der Waals surface area contributed by atoms with Crippen molar-refractivity contribution in [3.05, 3.63) is 42.1 Å². The minimum Gasteiger partial charge on any atom is -0.383 e. The van der Waals surface area contributed by atoms with E-state index in [0.717, 1.165) is 5.56 Å². The lowest BCUT2D eigenvalue weighted by molar-refractivity contribution is -0.00254. The Morgan fingerprint density at radius 1 is 1.33 bits per heavy atom. The highest BCUT2D eigenvalue weighted by atomic mass is 32.2. The van der Waals surface area contributed by atoms with Crippen molar-refractivity contribution in [2.24, 2.45) is 0 Å². The lowest BCUT2D eigenvalue weighted by Crippen LogP contribution is -2.42. The zero-order valence-corrected chi connectivity index (χ0v) is 12.1. The largest absolute Gasteiger partial charge is 0.383 e. The highest BCUT2D eigenvalue weighted by Crippen LogP contribution is 2.27. The monoisotopic (exact) mass is 308 g/mol. The van der Waals surface area contributed by atoms with Crippen molar-refractivity contribution in [2.75, 3.05) is 25.4 Å². The average molecular weight is 308 g/mol. The molecule has 1 aromatic carbocycles. The van der Waals surface area contributed by atoms with E-state index in [9.17, 15) is 8.42 Å². The number of sulfonamides is 1. The van der Waals surface area contributed by atoms with Gasteiger partial charge in [-0.15, -0.1) is 0 Å². The maximum Gasteiger partial charge on any atom is 0.248 e. The molecule has 0 aliphatic carbocycles. The van der Waals surface area contributed by atoms with E-state index >= 15 is 0 Å². The number of nitrogens with zero attached hydrogens (tertiary/aromatic N) is 2. The number of aromatic amines is 1. The van der Waals surface area contributed by atoms with Crippen LogP contribution < -0.4 is 5.73 Å². The highest BCUT2D eigenvalue weighted by Gasteiger charge is 2.33. The maximum absolute atomic E-state index is 12.6. The van der Waals surface area contributed by atoms with Gasteiger partial charge >= 0.3 is 0 Å². The van der Waals surface area contributed by atoms with E-state index in [4.69, 9.17) is 10.5 Å². The number of morpholine rings is 1. The Labute approximate surface area is 122 Å². The van der Waals surface area contributed by atoms with Crippen LogP contribution in [0.4, 0.5) is 5.82 Å². The second-order valence-corrected chi connectivity index (χ2v) is 6.69. The van der Waals surface area contributed by atoms with Gasteiger partial charge in [-0.25, -0.2) is 8.42 Å². The van der Waals surface area contributed by atoms with Crippen molar-refractivity contribution >= 4 is 15.8 Å². The summed E-state index contributed by atoms with van der Waals surface area (Å²) >= 11 is 0. The number of nitrogen functional groups attached to an aromatic ring is 1. The minimum absolute atomic E-state index is 0.0104. The molecule has 0 saturated carbocycles. The minimum atomic E-state index is -3.66. The molecule has 0 bridgehead atoms. The van der Waals surface area contributed by atoms with E-state index in [1.807, 2.05) is 30.3 Å². The molecule has 0 amide bonds. The van der Waals surface area contributed by atoms with Crippen LogP contribution in [0.3, 0.4) is 0 Å². The molecule has 0 radical (unpaired) electrons. The van der Waals surface area contributed by atoms with Gasteiger partial charge < -0.3 is 10.5 Å². The zero-order chi connectivity index (χ0) is 14.9. The number of nitrogens with two attached hydrogens (primary N) is 1. The van der Waals surface area contributed by atoms with Gasteiger partial charge in [-0.2, -0.15) is 9.40 Å². The topological polar surface area (TPSA) is 101 Å². The zero-order valence-electron chi connectivity index (χ0n) is 11.3. The predicted octanol–water partition coefficient (Wildman–Crippen LogP) is 0.754. The Kier molecular flexibility index (Phi) is 3.66. The van der Waals surface area contributed by atoms with Crippen molar-refractivity contribution in [1.82, 2.24) is 14.5 Å². The first-order chi connectivity index (χ1) is 10.1. The summed E-state index contributed by atoms with van der Waals surface area (Å²) in [5, 5.41) is 6.12. The number of ether oxygens (including phenoxy) is 1. The molecule has 1 aliphatic heterocycles. The molecule has 1 saturated heterocycles. The van der Waals surface area contributed by atoms with Gasteiger partial charge in [-0.05, 0) is 5.56 Å². The summed E-state index contributed by atoms with van der Waals surface area (Å²) in [7, 11) is -3.66. The number of aromatic nitrogens is 2. The fourth-order valence-electron chi connectivity index (χ4n) is 2.34. The molecule has 3 N–H and O–H groups in total. The molecule has 112 valence electrons. The van der Waals surface area contributed by atoms with E-state index in [2.05, 4.69) is 10.2 Å². The Balaban J connectivity index is 1.85. The highest BCUT2D eigenvalue weighted by molar-refractivity contribution is 7.89. The van der Waals surface area contributed by atoms with Crippen LogP contribution in [0.5, 0.6) is 0 Å². The van der Waals surface area contributed by atoms with E-state index in [1.54, 1.807) is 0 Å². The molecule has 3 rings (SSSR count). The van der Waals surface area contributed by atoms with E-state index in [1.165, 1.54) is 10.5 Å². The molecule has 7 nitrogen and oxygen atoms in total. The molecule has 1 aromatic heterocycles. The van der Waals surface area contributed by atoms with Gasteiger partial charge in [-0.3, -0.25) is 5.10 Å². The Hall–Kier alpha value is -1.90. The van der Waals surface area contributed by atoms with Crippen LogP contribution in [0.1, 0.15) is 11.7 Å². The third-order valence-corrected chi connectivity index (χ3v) is 5.34. The van der Waals surface area contributed by atoms with Crippen molar-refractivity contribution in [1.29, 1.82) is 0 Å². The summed E-state index contributed by atoms with van der Waals surface area (Å²) in [6.07, 6.45) is 0.959. The van der Waals surface area contributed by atoms with Crippen LogP contribution >= 0.6 is 0 Å². The number of benzene rings is 1. The van der Waals surface area contributed by atoms with Gasteiger partial charge in [0.2, 0.25) is 10.0 Å². The SMILES string of the molecule is Nc1[nH]ncc1S(=O)(=O)N1CCOC(c2ccccc2)C1. The number of hydrogen-bond donors (Lipinski definition) is 2. The molecular formula is C13H16N4O3S. The van der Waals surface area contributed by atoms with E-state index in [-0.39, 0.29) is 23.4 Å². The summed E-state index contributed by atoms with van der Waals surface area (Å²) < 4.78 is 32.2. The quantitative estimate of drug-likeness (QED) is 0.871. The number of hydrogen-bond acceptors (Lipinski definition) is 5. The van der Waals surface area contributed by atoms with Crippen LogP contribution in [-0.4, -0.2) is 42.6 Å². The molecule has 21 heavy (non-hydrogen) atoms. The molecule has 1 fully saturated rings. The summed E-state index contributed by atoms with van der Waals surface area (Å²) in [5.41, 5.74) is 6.58. The lowest BCUT2D eigenvalue weighted by Gasteiger charge is -2.32. The summed E-state index contributed by atoms with van der Waals surface area (Å²) in [6.45, 7) is 0.907. The first-order valence-electron chi connectivity index (χ1n) is 6.54. The van der Waals surface area contributed by atoms with Crippen molar-refractivity contribution in [3.8, 4) is 0 Å². The van der Waals surface area contributed by atoms with Gasteiger partial charge in [0, 0.05) is 13.1 Å². The Morgan fingerprint density at radius 3 is 2.76 bits per heavy atom. The average Bonchev–Trinajstić information content (AvgIpc) is 2.95. The van der Waals surface area contributed by atoms with Gasteiger partial charge in [-0.1, -0.05) is 30.3 Å². The molecule has 8 heteroatoms. The number of rotatable bonds is 3. The fourth-order valence-corrected chi connectivity index (χ4v) is 3.78. The first kappa shape index (κ1) is 14.1. The van der Waals surface area contributed by atoms with Crippen LogP contribution in [0.2, 0.25) is 0 Å². The summed E-state index contributed by atoms with van der Waals surface area (Å²) in [5.74, 6) is 0.0535. The third-order valence-electron chi connectivity index (χ3n) is 3.45.